The molecule has 0 bridgehead atoms. The van der Waals surface area contributed by atoms with E-state index in [1.807, 2.05) is 18.2 Å². The second kappa shape index (κ2) is 13.5. The lowest BCUT2D eigenvalue weighted by Gasteiger charge is -2.36. The Kier molecular flexibility index (Phi) is 8.10. The number of fused-ring (bicyclic) bond motifs is 5. The number of hydrogen-bond donors (Lipinski definition) is 0. The molecule has 0 radical (unpaired) electrons. The Labute approximate surface area is 317 Å². The molecule has 0 amide bonds. The molecule has 1 aromatic heterocycles. The van der Waals surface area contributed by atoms with Crippen molar-refractivity contribution in [3.05, 3.63) is 193 Å². The Balaban J connectivity index is 0.975. The lowest BCUT2D eigenvalue weighted by atomic mass is 9.67. The summed E-state index contributed by atoms with van der Waals surface area (Å²) in [6.45, 7) is 0. The molecule has 0 atom stereocenters. The van der Waals surface area contributed by atoms with Crippen molar-refractivity contribution in [1.29, 1.82) is 0 Å². The van der Waals surface area contributed by atoms with Gasteiger partial charge in [0.15, 0.2) is 5.82 Å². The van der Waals surface area contributed by atoms with Gasteiger partial charge in [0.2, 0.25) is 0 Å². The minimum atomic E-state index is 0.153. The third-order valence-corrected chi connectivity index (χ3v) is 11.7. The van der Waals surface area contributed by atoms with E-state index in [1.165, 1.54) is 82.2 Å². The molecule has 2 aliphatic carbocycles. The van der Waals surface area contributed by atoms with E-state index in [1.54, 1.807) is 5.56 Å². The highest BCUT2D eigenvalue weighted by Crippen LogP contribution is 2.56. The molecule has 54 heavy (non-hydrogen) atoms. The molecule has 0 saturated heterocycles. The SMILES string of the molecule is c1ccc(-c2ccc(-c3cc(-c4ccc(-c5cccc(-c6ccc7c(c6)C6(CCCCC6)c6ccccc6-7)c5)cc4)nc(-c4ccccc4)n3)cc2)cc1. The van der Waals surface area contributed by atoms with Crippen LogP contribution in [0.15, 0.2) is 182 Å². The minimum absolute atomic E-state index is 0.153. The van der Waals surface area contributed by atoms with E-state index in [9.17, 15) is 0 Å². The normalized spacial score (nSPS) is 14.1. The van der Waals surface area contributed by atoms with Crippen LogP contribution in [0.2, 0.25) is 0 Å². The average molecular weight is 693 g/mol. The van der Waals surface area contributed by atoms with Crippen LogP contribution in [0.25, 0.3) is 78.4 Å². The molecule has 1 heterocycles. The van der Waals surface area contributed by atoms with Crippen LogP contribution in [0.5, 0.6) is 0 Å². The number of hydrogen-bond acceptors (Lipinski definition) is 2. The summed E-state index contributed by atoms with van der Waals surface area (Å²) >= 11 is 0. The molecule has 8 aromatic rings. The van der Waals surface area contributed by atoms with E-state index in [0.29, 0.717) is 0 Å². The molecule has 10 rings (SSSR count). The fraction of sp³-hybridized carbons (Fsp3) is 0.115. The molecule has 0 unspecified atom stereocenters. The highest BCUT2D eigenvalue weighted by Gasteiger charge is 2.43. The van der Waals surface area contributed by atoms with Gasteiger partial charge in [0.1, 0.15) is 0 Å². The first-order valence-corrected chi connectivity index (χ1v) is 19.3. The van der Waals surface area contributed by atoms with Crippen molar-refractivity contribution < 1.29 is 0 Å². The smallest absolute Gasteiger partial charge is 0.160 e. The van der Waals surface area contributed by atoms with Gasteiger partial charge >= 0.3 is 0 Å². The van der Waals surface area contributed by atoms with Gasteiger partial charge in [-0.15, -0.1) is 0 Å². The molecule has 1 spiro atoms. The monoisotopic (exact) mass is 692 g/mol. The molecule has 258 valence electrons. The zero-order chi connectivity index (χ0) is 35.9. The fourth-order valence-electron chi connectivity index (χ4n) is 8.96. The van der Waals surface area contributed by atoms with Gasteiger partial charge in [0.25, 0.3) is 0 Å². The van der Waals surface area contributed by atoms with Crippen LogP contribution in [-0.4, -0.2) is 9.97 Å². The second-order valence-electron chi connectivity index (χ2n) is 14.9. The lowest BCUT2D eigenvalue weighted by molar-refractivity contribution is 0.353. The van der Waals surface area contributed by atoms with E-state index in [2.05, 4.69) is 164 Å². The Morgan fingerprint density at radius 2 is 0.778 bits per heavy atom. The van der Waals surface area contributed by atoms with Gasteiger partial charge in [0, 0.05) is 22.1 Å². The van der Waals surface area contributed by atoms with E-state index in [-0.39, 0.29) is 5.41 Å². The van der Waals surface area contributed by atoms with Crippen molar-refractivity contribution in [2.45, 2.75) is 37.5 Å². The van der Waals surface area contributed by atoms with Gasteiger partial charge in [0.05, 0.1) is 11.4 Å². The Morgan fingerprint density at radius 1 is 0.315 bits per heavy atom. The summed E-state index contributed by atoms with van der Waals surface area (Å²) in [7, 11) is 0. The van der Waals surface area contributed by atoms with Crippen molar-refractivity contribution in [2.24, 2.45) is 0 Å². The third kappa shape index (κ3) is 5.76. The molecular formula is C52H40N2. The van der Waals surface area contributed by atoms with E-state index >= 15 is 0 Å². The zero-order valence-corrected chi connectivity index (χ0v) is 30.3. The summed E-state index contributed by atoms with van der Waals surface area (Å²) in [5.41, 5.74) is 18.4. The van der Waals surface area contributed by atoms with Crippen molar-refractivity contribution in [2.75, 3.05) is 0 Å². The number of nitrogens with zero attached hydrogens (tertiary/aromatic N) is 2. The minimum Gasteiger partial charge on any atom is -0.228 e. The van der Waals surface area contributed by atoms with Gasteiger partial charge in [-0.05, 0) is 86.7 Å². The highest BCUT2D eigenvalue weighted by molar-refractivity contribution is 5.85. The van der Waals surface area contributed by atoms with Crippen LogP contribution in [0.1, 0.15) is 43.2 Å². The maximum atomic E-state index is 5.09. The quantitative estimate of drug-likeness (QED) is 0.173. The Morgan fingerprint density at radius 3 is 1.44 bits per heavy atom. The van der Waals surface area contributed by atoms with Gasteiger partial charge in [-0.3, -0.25) is 0 Å². The number of benzene rings is 7. The fourth-order valence-corrected chi connectivity index (χ4v) is 8.96. The van der Waals surface area contributed by atoms with E-state index in [0.717, 1.165) is 33.9 Å². The average Bonchev–Trinajstić information content (AvgIpc) is 3.52. The van der Waals surface area contributed by atoms with Crippen molar-refractivity contribution in [1.82, 2.24) is 9.97 Å². The van der Waals surface area contributed by atoms with E-state index in [4.69, 9.17) is 9.97 Å². The van der Waals surface area contributed by atoms with Crippen molar-refractivity contribution in [3.8, 4) is 78.4 Å². The van der Waals surface area contributed by atoms with Gasteiger partial charge in [-0.1, -0.05) is 183 Å². The van der Waals surface area contributed by atoms with Gasteiger partial charge in [-0.2, -0.15) is 0 Å². The largest absolute Gasteiger partial charge is 0.228 e. The van der Waals surface area contributed by atoms with Crippen molar-refractivity contribution >= 4 is 0 Å². The zero-order valence-electron chi connectivity index (χ0n) is 30.3. The van der Waals surface area contributed by atoms with Gasteiger partial charge in [-0.25, -0.2) is 9.97 Å². The molecule has 7 aromatic carbocycles. The molecule has 1 saturated carbocycles. The summed E-state index contributed by atoms with van der Waals surface area (Å²) in [5, 5.41) is 0. The standard InChI is InChI=1S/C52H40N2/c1-4-13-36(14-5-1)37-21-25-39(26-22-37)49-35-50(54-51(53-49)41-15-6-2-7-16-41)40-27-23-38(24-28-40)42-17-12-18-43(33-42)44-29-30-46-45-19-8-9-20-47(45)52(48(46)34-44)31-10-3-11-32-52/h1-2,4-9,12-30,33-35H,3,10-11,31-32H2. The summed E-state index contributed by atoms with van der Waals surface area (Å²) in [6.07, 6.45) is 6.43. The topological polar surface area (TPSA) is 25.8 Å². The Hall–Kier alpha value is -6.38. The molecule has 2 nitrogen and oxygen atoms in total. The summed E-state index contributed by atoms with van der Waals surface area (Å²) in [4.78, 5) is 10.1. The third-order valence-electron chi connectivity index (χ3n) is 11.7. The maximum absolute atomic E-state index is 5.09. The predicted molar refractivity (Wildman–Crippen MR) is 224 cm³/mol. The van der Waals surface area contributed by atoms with E-state index < -0.39 is 0 Å². The first-order valence-electron chi connectivity index (χ1n) is 19.3. The highest BCUT2D eigenvalue weighted by atomic mass is 14.9. The van der Waals surface area contributed by atoms with Crippen LogP contribution in [0.3, 0.4) is 0 Å². The van der Waals surface area contributed by atoms with Crippen LogP contribution in [0, 0.1) is 0 Å². The number of aromatic nitrogens is 2. The predicted octanol–water partition coefficient (Wildman–Crippen LogP) is 13.7. The summed E-state index contributed by atoms with van der Waals surface area (Å²) in [6, 6.07) is 65.8. The van der Waals surface area contributed by atoms with Crippen LogP contribution in [0.4, 0.5) is 0 Å². The first-order chi connectivity index (χ1) is 26.7. The van der Waals surface area contributed by atoms with Crippen LogP contribution < -0.4 is 0 Å². The second-order valence-corrected chi connectivity index (χ2v) is 14.9. The van der Waals surface area contributed by atoms with Gasteiger partial charge < -0.3 is 0 Å². The van der Waals surface area contributed by atoms with Crippen molar-refractivity contribution in [3.63, 3.8) is 0 Å². The molecular weight excluding hydrogens is 653 g/mol. The van der Waals surface area contributed by atoms with Crippen LogP contribution >= 0.6 is 0 Å². The number of rotatable bonds is 6. The summed E-state index contributed by atoms with van der Waals surface area (Å²) in [5.74, 6) is 0.722. The maximum Gasteiger partial charge on any atom is 0.160 e. The summed E-state index contributed by atoms with van der Waals surface area (Å²) < 4.78 is 0. The molecule has 2 heteroatoms. The first kappa shape index (κ1) is 32.3. The molecule has 2 aliphatic rings. The lowest BCUT2D eigenvalue weighted by Crippen LogP contribution is -2.28. The molecule has 1 fully saturated rings. The molecule has 0 N–H and O–H groups in total. The Bertz CT molecular complexity index is 2600. The molecule has 0 aliphatic heterocycles. The van der Waals surface area contributed by atoms with Crippen LogP contribution in [-0.2, 0) is 5.41 Å².